The molecule has 0 aliphatic carbocycles. The van der Waals surface area contributed by atoms with Gasteiger partial charge >= 0.3 is 0 Å². The average Bonchev–Trinajstić information content (AvgIpc) is 2.75. The Balaban J connectivity index is 1.62. The van der Waals surface area contributed by atoms with E-state index in [-0.39, 0.29) is 5.91 Å². The lowest BCUT2D eigenvalue weighted by molar-refractivity contribution is -0.137. The highest BCUT2D eigenvalue weighted by molar-refractivity contribution is 7.88. The second-order valence-corrected chi connectivity index (χ2v) is 9.57. The van der Waals surface area contributed by atoms with Crippen molar-refractivity contribution in [3.63, 3.8) is 0 Å². The zero-order chi connectivity index (χ0) is 21.6. The van der Waals surface area contributed by atoms with Crippen molar-refractivity contribution in [3.05, 3.63) is 77.9 Å². The number of carbonyl (C=O) groups excluding carboxylic acids is 1. The van der Waals surface area contributed by atoms with E-state index < -0.39 is 16.1 Å². The molecule has 0 unspecified atom stereocenters. The SMILES string of the molecule is CN([C@H](C(=O)N1CCN(C/C=C/c2ccccc2)CC1)c1ccccc1)S(C)(=O)=O. The number of hydrogen-bond donors (Lipinski definition) is 0. The first-order valence-corrected chi connectivity index (χ1v) is 11.9. The Morgan fingerprint density at radius 2 is 1.57 bits per heavy atom. The lowest BCUT2D eigenvalue weighted by atomic mass is 10.1. The molecule has 1 amide bonds. The first-order valence-electron chi connectivity index (χ1n) is 10.1. The Morgan fingerprint density at radius 1 is 1.00 bits per heavy atom. The Morgan fingerprint density at radius 3 is 2.13 bits per heavy atom. The first-order chi connectivity index (χ1) is 14.4. The molecule has 1 saturated heterocycles. The van der Waals surface area contributed by atoms with Crippen LogP contribution in [-0.2, 0) is 14.8 Å². The lowest BCUT2D eigenvalue weighted by Crippen LogP contribution is -2.52. The fourth-order valence-corrected chi connectivity index (χ4v) is 4.16. The zero-order valence-electron chi connectivity index (χ0n) is 17.5. The fourth-order valence-electron chi connectivity index (χ4n) is 3.56. The maximum atomic E-state index is 13.3. The third-order valence-electron chi connectivity index (χ3n) is 5.39. The Hall–Kier alpha value is -2.48. The third-order valence-corrected chi connectivity index (χ3v) is 6.65. The molecule has 3 rings (SSSR count). The van der Waals surface area contributed by atoms with Gasteiger partial charge in [0.05, 0.1) is 6.26 Å². The largest absolute Gasteiger partial charge is 0.338 e. The van der Waals surface area contributed by atoms with Crippen molar-refractivity contribution in [2.24, 2.45) is 0 Å². The molecule has 0 aromatic heterocycles. The second kappa shape index (κ2) is 10.0. The monoisotopic (exact) mass is 427 g/mol. The van der Waals surface area contributed by atoms with Gasteiger partial charge in [-0.25, -0.2) is 8.42 Å². The molecule has 0 N–H and O–H groups in total. The minimum absolute atomic E-state index is 0.173. The van der Waals surface area contributed by atoms with E-state index in [0.29, 0.717) is 18.7 Å². The van der Waals surface area contributed by atoms with Crippen molar-refractivity contribution in [3.8, 4) is 0 Å². The van der Waals surface area contributed by atoms with Crippen molar-refractivity contribution in [2.75, 3.05) is 46.0 Å². The van der Waals surface area contributed by atoms with Crippen molar-refractivity contribution in [1.29, 1.82) is 0 Å². The van der Waals surface area contributed by atoms with E-state index >= 15 is 0 Å². The molecule has 2 aromatic carbocycles. The van der Waals surface area contributed by atoms with E-state index in [1.54, 1.807) is 17.0 Å². The number of rotatable bonds is 7. The van der Waals surface area contributed by atoms with Crippen LogP contribution in [-0.4, -0.2) is 74.5 Å². The van der Waals surface area contributed by atoms with Gasteiger partial charge in [-0.2, -0.15) is 4.31 Å². The minimum Gasteiger partial charge on any atom is -0.338 e. The number of nitrogens with zero attached hydrogens (tertiary/aromatic N) is 3. The molecule has 1 heterocycles. The summed E-state index contributed by atoms with van der Waals surface area (Å²) in [6.07, 6.45) is 5.37. The van der Waals surface area contributed by atoms with E-state index in [1.807, 2.05) is 36.4 Å². The second-order valence-electron chi connectivity index (χ2n) is 7.53. The molecule has 0 spiro atoms. The summed E-state index contributed by atoms with van der Waals surface area (Å²) >= 11 is 0. The normalized spacial score (nSPS) is 16.8. The molecule has 7 heteroatoms. The first kappa shape index (κ1) is 22.2. The maximum Gasteiger partial charge on any atom is 0.245 e. The summed E-state index contributed by atoms with van der Waals surface area (Å²) < 4.78 is 25.5. The Bertz CT molecular complexity index is 954. The van der Waals surface area contributed by atoms with Gasteiger partial charge < -0.3 is 4.90 Å². The quantitative estimate of drug-likeness (QED) is 0.681. The van der Waals surface area contributed by atoms with Gasteiger partial charge in [0.25, 0.3) is 0 Å². The van der Waals surface area contributed by atoms with Crippen LogP contribution >= 0.6 is 0 Å². The van der Waals surface area contributed by atoms with Crippen molar-refractivity contribution in [1.82, 2.24) is 14.1 Å². The molecule has 160 valence electrons. The standard InChI is InChI=1S/C23H29N3O3S/c1-24(30(2,28)29)22(21-13-7-4-8-14-21)23(27)26-18-16-25(17-19-26)15-9-12-20-10-5-3-6-11-20/h3-14,22H,15-19H2,1-2H3/b12-9+/t22-/m0/s1. The summed E-state index contributed by atoms with van der Waals surface area (Å²) in [6, 6.07) is 18.4. The van der Waals surface area contributed by atoms with Crippen LogP contribution in [0.3, 0.4) is 0 Å². The van der Waals surface area contributed by atoms with Crippen molar-refractivity contribution >= 4 is 22.0 Å². The number of hydrogen-bond acceptors (Lipinski definition) is 4. The molecule has 1 aliphatic heterocycles. The molecule has 1 atom stereocenters. The molecule has 0 saturated carbocycles. The van der Waals surface area contributed by atoms with Crippen LogP contribution in [0.15, 0.2) is 66.7 Å². The van der Waals surface area contributed by atoms with E-state index in [9.17, 15) is 13.2 Å². The topological polar surface area (TPSA) is 60.9 Å². The molecular weight excluding hydrogens is 398 g/mol. The molecule has 1 aliphatic rings. The lowest BCUT2D eigenvalue weighted by Gasteiger charge is -2.37. The number of benzene rings is 2. The molecule has 0 bridgehead atoms. The molecular formula is C23H29N3O3S. The molecule has 2 aromatic rings. The average molecular weight is 428 g/mol. The van der Waals surface area contributed by atoms with E-state index in [0.717, 1.165) is 25.9 Å². The van der Waals surface area contributed by atoms with Crippen LogP contribution in [0, 0.1) is 0 Å². The van der Waals surface area contributed by atoms with Gasteiger partial charge in [0.15, 0.2) is 0 Å². The van der Waals surface area contributed by atoms with Crippen LogP contribution in [0.25, 0.3) is 6.08 Å². The van der Waals surface area contributed by atoms with Gasteiger partial charge in [0.1, 0.15) is 6.04 Å². The molecule has 30 heavy (non-hydrogen) atoms. The van der Waals surface area contributed by atoms with Crippen LogP contribution in [0.5, 0.6) is 0 Å². The Kier molecular flexibility index (Phi) is 7.42. The van der Waals surface area contributed by atoms with Crippen LogP contribution in [0.2, 0.25) is 0 Å². The van der Waals surface area contributed by atoms with Gasteiger partial charge in [-0.1, -0.05) is 72.8 Å². The van der Waals surface area contributed by atoms with Crippen LogP contribution in [0.1, 0.15) is 17.2 Å². The number of likely N-dealkylation sites (N-methyl/N-ethyl adjacent to an activating group) is 1. The van der Waals surface area contributed by atoms with Gasteiger partial charge in [-0.3, -0.25) is 9.69 Å². The van der Waals surface area contributed by atoms with Gasteiger partial charge in [0, 0.05) is 39.8 Å². The maximum absolute atomic E-state index is 13.3. The van der Waals surface area contributed by atoms with E-state index in [1.165, 1.54) is 16.9 Å². The zero-order valence-corrected chi connectivity index (χ0v) is 18.3. The van der Waals surface area contributed by atoms with E-state index in [4.69, 9.17) is 0 Å². The predicted octanol–water partition coefficient (Wildman–Crippen LogP) is 2.48. The highest BCUT2D eigenvalue weighted by Crippen LogP contribution is 2.24. The number of carbonyl (C=O) groups is 1. The summed E-state index contributed by atoms with van der Waals surface area (Å²) in [5, 5.41) is 0. The number of piperazine rings is 1. The fraction of sp³-hybridized carbons (Fsp3) is 0.348. The summed E-state index contributed by atoms with van der Waals surface area (Å²) in [6.45, 7) is 3.50. The predicted molar refractivity (Wildman–Crippen MR) is 120 cm³/mol. The summed E-state index contributed by atoms with van der Waals surface area (Å²) in [4.78, 5) is 17.3. The van der Waals surface area contributed by atoms with Crippen LogP contribution < -0.4 is 0 Å². The van der Waals surface area contributed by atoms with Crippen molar-refractivity contribution in [2.45, 2.75) is 6.04 Å². The summed E-state index contributed by atoms with van der Waals surface area (Å²) in [5.41, 5.74) is 1.85. The Labute approximate surface area is 179 Å². The van der Waals surface area contributed by atoms with Gasteiger partial charge in [0.2, 0.25) is 15.9 Å². The minimum atomic E-state index is -3.52. The highest BCUT2D eigenvalue weighted by atomic mass is 32.2. The molecule has 6 nitrogen and oxygen atoms in total. The summed E-state index contributed by atoms with van der Waals surface area (Å²) in [7, 11) is -2.05. The van der Waals surface area contributed by atoms with Crippen LogP contribution in [0.4, 0.5) is 0 Å². The summed E-state index contributed by atoms with van der Waals surface area (Å²) in [5.74, 6) is -0.173. The van der Waals surface area contributed by atoms with Crippen molar-refractivity contribution < 1.29 is 13.2 Å². The van der Waals surface area contributed by atoms with E-state index in [2.05, 4.69) is 29.2 Å². The third kappa shape index (κ3) is 5.78. The molecule has 1 fully saturated rings. The number of amides is 1. The molecule has 0 radical (unpaired) electrons. The smallest absolute Gasteiger partial charge is 0.245 e. The van der Waals surface area contributed by atoms with Gasteiger partial charge in [-0.05, 0) is 11.1 Å². The highest BCUT2D eigenvalue weighted by Gasteiger charge is 2.34. The number of sulfonamides is 1. The van der Waals surface area contributed by atoms with Gasteiger partial charge in [-0.15, -0.1) is 0 Å².